The third-order valence-electron chi connectivity index (χ3n) is 5.34. The summed E-state index contributed by atoms with van der Waals surface area (Å²) in [5, 5.41) is 2.82. The summed E-state index contributed by atoms with van der Waals surface area (Å²) < 4.78 is 24.1. The first-order valence-corrected chi connectivity index (χ1v) is 10.6. The molecular formula is C25H23FN4O4. The zero-order valence-corrected chi connectivity index (χ0v) is 18.7. The zero-order chi connectivity index (χ0) is 24.1. The number of carbonyl (C=O) groups is 2. The van der Waals surface area contributed by atoms with E-state index in [1.165, 1.54) is 37.4 Å². The van der Waals surface area contributed by atoms with E-state index in [9.17, 15) is 14.0 Å². The van der Waals surface area contributed by atoms with E-state index in [0.29, 0.717) is 34.3 Å². The van der Waals surface area contributed by atoms with Gasteiger partial charge in [0.2, 0.25) is 11.8 Å². The Kier molecular flexibility index (Phi) is 6.82. The van der Waals surface area contributed by atoms with Gasteiger partial charge in [0, 0.05) is 18.3 Å². The van der Waals surface area contributed by atoms with Crippen molar-refractivity contribution in [3.05, 3.63) is 77.7 Å². The third-order valence-corrected chi connectivity index (χ3v) is 5.34. The monoisotopic (exact) mass is 462 g/mol. The minimum Gasteiger partial charge on any atom is -0.493 e. The highest BCUT2D eigenvalue weighted by Crippen LogP contribution is 2.32. The average Bonchev–Trinajstić information content (AvgIpc) is 2.99. The summed E-state index contributed by atoms with van der Waals surface area (Å²) >= 11 is 0. The molecule has 2 aromatic carbocycles. The molecule has 0 unspecified atom stereocenters. The largest absolute Gasteiger partial charge is 0.493 e. The van der Waals surface area contributed by atoms with Crippen LogP contribution in [0.4, 0.5) is 15.9 Å². The van der Waals surface area contributed by atoms with Gasteiger partial charge in [-0.05, 0) is 35.9 Å². The van der Waals surface area contributed by atoms with Crippen molar-refractivity contribution in [3.63, 3.8) is 0 Å². The molecule has 3 aromatic rings. The van der Waals surface area contributed by atoms with Gasteiger partial charge >= 0.3 is 0 Å². The van der Waals surface area contributed by atoms with Crippen LogP contribution in [0.1, 0.15) is 17.5 Å². The van der Waals surface area contributed by atoms with Crippen LogP contribution in [0.25, 0.3) is 0 Å². The summed E-state index contributed by atoms with van der Waals surface area (Å²) in [6.07, 6.45) is 1.48. The van der Waals surface area contributed by atoms with Crippen molar-refractivity contribution in [3.8, 4) is 11.5 Å². The summed E-state index contributed by atoms with van der Waals surface area (Å²) in [6.45, 7) is -0.0466. The Labute approximate surface area is 196 Å². The number of benzene rings is 2. The number of anilines is 1. The molecule has 34 heavy (non-hydrogen) atoms. The van der Waals surface area contributed by atoms with Crippen LogP contribution in [0, 0.1) is 5.82 Å². The fourth-order valence-corrected chi connectivity index (χ4v) is 3.68. The maximum absolute atomic E-state index is 13.4. The summed E-state index contributed by atoms with van der Waals surface area (Å²) in [5.41, 5.74) is 2.29. The van der Waals surface area contributed by atoms with Crippen molar-refractivity contribution in [2.24, 2.45) is 4.99 Å². The van der Waals surface area contributed by atoms with Gasteiger partial charge in [-0.25, -0.2) is 14.4 Å². The topological polar surface area (TPSA) is 93.1 Å². The molecule has 0 saturated carbocycles. The van der Waals surface area contributed by atoms with Gasteiger partial charge in [0.1, 0.15) is 18.0 Å². The Morgan fingerprint density at radius 3 is 2.62 bits per heavy atom. The zero-order valence-electron chi connectivity index (χ0n) is 18.7. The Bertz CT molecular complexity index is 1240. The molecule has 0 atom stereocenters. The van der Waals surface area contributed by atoms with Crippen LogP contribution >= 0.6 is 0 Å². The summed E-state index contributed by atoms with van der Waals surface area (Å²) in [4.78, 5) is 36.1. The van der Waals surface area contributed by atoms with Crippen molar-refractivity contribution in [1.29, 1.82) is 0 Å². The number of halogens is 1. The molecule has 2 heterocycles. The normalized spacial score (nSPS) is 13.0. The second-order valence-corrected chi connectivity index (χ2v) is 7.50. The van der Waals surface area contributed by atoms with Crippen LogP contribution in [0.5, 0.6) is 11.5 Å². The fourth-order valence-electron chi connectivity index (χ4n) is 3.68. The number of rotatable bonds is 7. The molecular weight excluding hydrogens is 439 g/mol. The molecule has 0 saturated heterocycles. The lowest BCUT2D eigenvalue weighted by Crippen LogP contribution is -2.41. The van der Waals surface area contributed by atoms with Gasteiger partial charge in [-0.15, -0.1) is 0 Å². The predicted molar refractivity (Wildman–Crippen MR) is 125 cm³/mol. The number of hydrogen-bond donors (Lipinski definition) is 1. The van der Waals surface area contributed by atoms with Gasteiger partial charge in [0.05, 0.1) is 26.4 Å². The van der Waals surface area contributed by atoms with E-state index in [0.717, 1.165) is 5.56 Å². The number of amides is 2. The van der Waals surface area contributed by atoms with Crippen LogP contribution in [-0.4, -0.2) is 43.3 Å². The Morgan fingerprint density at radius 1 is 1.09 bits per heavy atom. The van der Waals surface area contributed by atoms with Gasteiger partial charge in [-0.3, -0.25) is 14.5 Å². The van der Waals surface area contributed by atoms with E-state index < -0.39 is 0 Å². The summed E-state index contributed by atoms with van der Waals surface area (Å²) in [6, 6.07) is 14.6. The smallest absolute Gasteiger partial charge is 0.240 e. The van der Waals surface area contributed by atoms with E-state index in [1.807, 2.05) is 6.07 Å². The SMILES string of the molecule is COc1cccc(CNC(=O)CN2C(=O)CC(c3ccc(F)cc3)=Nc3cccnc32)c1OC. The van der Waals surface area contributed by atoms with Crippen LogP contribution in [0.2, 0.25) is 0 Å². The van der Waals surface area contributed by atoms with E-state index in [-0.39, 0.29) is 37.1 Å². The minimum atomic E-state index is -0.377. The first kappa shape index (κ1) is 22.9. The van der Waals surface area contributed by atoms with Gasteiger partial charge < -0.3 is 14.8 Å². The van der Waals surface area contributed by atoms with Gasteiger partial charge in [-0.2, -0.15) is 0 Å². The molecule has 174 valence electrons. The van der Waals surface area contributed by atoms with Gasteiger partial charge in [0.25, 0.3) is 0 Å². The number of aliphatic imine (C=N–C) groups is 1. The molecule has 0 spiro atoms. The molecule has 1 aliphatic rings. The lowest BCUT2D eigenvalue weighted by molar-refractivity contribution is -0.123. The minimum absolute atomic E-state index is 0.0566. The molecule has 4 rings (SSSR count). The number of para-hydroxylation sites is 1. The van der Waals surface area contributed by atoms with Crippen LogP contribution in [0.3, 0.4) is 0 Å². The molecule has 1 aliphatic heterocycles. The van der Waals surface area contributed by atoms with Crippen molar-refractivity contribution in [2.75, 3.05) is 25.7 Å². The molecule has 1 N–H and O–H groups in total. The second kappa shape index (κ2) is 10.1. The molecule has 8 nitrogen and oxygen atoms in total. The summed E-state index contributed by atoms with van der Waals surface area (Å²) in [7, 11) is 3.07. The number of hydrogen-bond acceptors (Lipinski definition) is 6. The number of fused-ring (bicyclic) bond motifs is 1. The van der Waals surface area contributed by atoms with Crippen molar-refractivity contribution >= 4 is 29.0 Å². The lowest BCUT2D eigenvalue weighted by Gasteiger charge is -2.21. The molecule has 2 amide bonds. The lowest BCUT2D eigenvalue weighted by atomic mass is 10.1. The Morgan fingerprint density at radius 2 is 1.88 bits per heavy atom. The molecule has 0 radical (unpaired) electrons. The number of methoxy groups -OCH3 is 2. The molecule has 9 heteroatoms. The van der Waals surface area contributed by atoms with Crippen LogP contribution in [0.15, 0.2) is 65.8 Å². The highest BCUT2D eigenvalue weighted by Gasteiger charge is 2.27. The first-order chi connectivity index (χ1) is 16.5. The van der Waals surface area contributed by atoms with Crippen LogP contribution < -0.4 is 19.7 Å². The first-order valence-electron chi connectivity index (χ1n) is 10.6. The number of nitrogens with zero attached hydrogens (tertiary/aromatic N) is 3. The number of ether oxygens (including phenoxy) is 2. The van der Waals surface area contributed by atoms with E-state index in [1.54, 1.807) is 36.4 Å². The highest BCUT2D eigenvalue weighted by molar-refractivity contribution is 6.18. The Balaban J connectivity index is 1.53. The highest BCUT2D eigenvalue weighted by atomic mass is 19.1. The maximum atomic E-state index is 13.4. The van der Waals surface area contributed by atoms with Gasteiger partial charge in [0.15, 0.2) is 17.3 Å². The third kappa shape index (κ3) is 4.88. The number of pyridine rings is 1. The standard InChI is InChI=1S/C25H23FN4O4/c1-33-21-7-3-5-17(24(21)34-2)14-28-22(31)15-30-23(32)13-20(16-8-10-18(26)11-9-16)29-19-6-4-12-27-25(19)30/h3-12H,13-15H2,1-2H3,(H,28,31). The second-order valence-electron chi connectivity index (χ2n) is 7.50. The Hall–Kier alpha value is -4.27. The molecule has 0 bridgehead atoms. The van der Waals surface area contributed by atoms with E-state index in [2.05, 4.69) is 15.3 Å². The predicted octanol–water partition coefficient (Wildman–Crippen LogP) is 3.41. The van der Waals surface area contributed by atoms with E-state index >= 15 is 0 Å². The number of carbonyl (C=O) groups excluding carboxylic acids is 2. The van der Waals surface area contributed by atoms with Crippen molar-refractivity contribution in [1.82, 2.24) is 10.3 Å². The van der Waals surface area contributed by atoms with Crippen molar-refractivity contribution < 1.29 is 23.5 Å². The molecule has 0 aliphatic carbocycles. The number of aromatic nitrogens is 1. The van der Waals surface area contributed by atoms with Crippen LogP contribution in [-0.2, 0) is 16.1 Å². The fraction of sp³-hybridized carbons (Fsp3) is 0.200. The van der Waals surface area contributed by atoms with E-state index in [4.69, 9.17) is 9.47 Å². The number of nitrogens with one attached hydrogen (secondary N) is 1. The summed E-state index contributed by atoms with van der Waals surface area (Å²) in [5.74, 6) is 0.284. The molecule has 1 aromatic heterocycles. The quantitative estimate of drug-likeness (QED) is 0.581. The average molecular weight is 462 g/mol. The van der Waals surface area contributed by atoms with Gasteiger partial charge in [-0.1, -0.05) is 24.3 Å². The molecule has 0 fully saturated rings. The van der Waals surface area contributed by atoms with Crippen molar-refractivity contribution in [2.45, 2.75) is 13.0 Å². The maximum Gasteiger partial charge on any atom is 0.240 e.